The van der Waals surface area contributed by atoms with Crippen molar-refractivity contribution in [3.05, 3.63) is 10.0 Å². The molecule has 3 nitrogen and oxygen atoms in total. The lowest BCUT2D eigenvalue weighted by Gasteiger charge is -2.06. The van der Waals surface area contributed by atoms with Crippen LogP contribution < -0.4 is 5.73 Å². The van der Waals surface area contributed by atoms with E-state index in [1.165, 1.54) is 6.42 Å². The fourth-order valence-corrected chi connectivity index (χ4v) is 2.50. The SMILES string of the molecule is Cc1nnc(CC(N)C2CC2C)s1. The molecule has 1 saturated carbocycles. The van der Waals surface area contributed by atoms with Gasteiger partial charge in [0.2, 0.25) is 0 Å². The second-order valence-corrected chi connectivity index (χ2v) is 5.23. The predicted molar refractivity (Wildman–Crippen MR) is 53.6 cm³/mol. The first-order valence-corrected chi connectivity index (χ1v) is 5.53. The van der Waals surface area contributed by atoms with Gasteiger partial charge in [0.1, 0.15) is 10.0 Å². The zero-order valence-electron chi connectivity index (χ0n) is 8.03. The summed E-state index contributed by atoms with van der Waals surface area (Å²) in [6, 6.07) is 0.294. The Morgan fingerprint density at radius 3 is 2.77 bits per heavy atom. The van der Waals surface area contributed by atoms with E-state index in [0.29, 0.717) is 6.04 Å². The fraction of sp³-hybridized carbons (Fsp3) is 0.778. The van der Waals surface area contributed by atoms with Crippen molar-refractivity contribution in [3.63, 3.8) is 0 Å². The molecule has 1 heterocycles. The fourth-order valence-electron chi connectivity index (χ4n) is 1.72. The molecule has 0 saturated heterocycles. The lowest BCUT2D eigenvalue weighted by molar-refractivity contribution is 0.557. The second kappa shape index (κ2) is 3.35. The molecule has 0 aliphatic heterocycles. The number of aromatic nitrogens is 2. The van der Waals surface area contributed by atoms with Crippen molar-refractivity contribution in [1.29, 1.82) is 0 Å². The summed E-state index contributed by atoms with van der Waals surface area (Å²) in [5.41, 5.74) is 6.05. The topological polar surface area (TPSA) is 51.8 Å². The maximum atomic E-state index is 6.05. The predicted octanol–water partition coefficient (Wildman–Crippen LogP) is 1.37. The normalized spacial score (nSPS) is 28.8. The van der Waals surface area contributed by atoms with Gasteiger partial charge in [0, 0.05) is 12.5 Å². The maximum absolute atomic E-state index is 6.05. The van der Waals surface area contributed by atoms with Gasteiger partial charge in [0.15, 0.2) is 0 Å². The van der Waals surface area contributed by atoms with Crippen molar-refractivity contribution >= 4 is 11.3 Å². The van der Waals surface area contributed by atoms with Crippen LogP contribution in [0, 0.1) is 18.8 Å². The summed E-state index contributed by atoms with van der Waals surface area (Å²) in [5, 5.41) is 10.2. The van der Waals surface area contributed by atoms with Gasteiger partial charge in [-0.3, -0.25) is 0 Å². The molecule has 0 radical (unpaired) electrons. The summed E-state index contributed by atoms with van der Waals surface area (Å²) in [5.74, 6) is 1.55. The largest absolute Gasteiger partial charge is 0.327 e. The van der Waals surface area contributed by atoms with E-state index in [0.717, 1.165) is 28.3 Å². The summed E-state index contributed by atoms with van der Waals surface area (Å²) in [7, 11) is 0. The molecule has 0 bridgehead atoms. The average Bonchev–Trinajstić information content (AvgIpc) is 2.66. The van der Waals surface area contributed by atoms with Crippen LogP contribution >= 0.6 is 11.3 Å². The lowest BCUT2D eigenvalue weighted by Crippen LogP contribution is -2.25. The van der Waals surface area contributed by atoms with Crippen molar-refractivity contribution < 1.29 is 0 Å². The average molecular weight is 197 g/mol. The Morgan fingerprint density at radius 2 is 2.31 bits per heavy atom. The smallest absolute Gasteiger partial charge is 0.118 e. The van der Waals surface area contributed by atoms with Crippen LogP contribution in [0.5, 0.6) is 0 Å². The third-order valence-corrected chi connectivity index (χ3v) is 3.56. The zero-order chi connectivity index (χ0) is 9.42. The molecule has 0 amide bonds. The first-order valence-electron chi connectivity index (χ1n) is 4.71. The second-order valence-electron chi connectivity index (χ2n) is 3.96. The Bertz CT molecular complexity index is 297. The summed E-state index contributed by atoms with van der Waals surface area (Å²) in [4.78, 5) is 0. The minimum absolute atomic E-state index is 0.294. The first kappa shape index (κ1) is 9.09. The molecule has 2 N–H and O–H groups in total. The highest BCUT2D eigenvalue weighted by Crippen LogP contribution is 2.40. The Hall–Kier alpha value is -0.480. The molecule has 0 spiro atoms. The van der Waals surface area contributed by atoms with Crippen LogP contribution in [0.3, 0.4) is 0 Å². The van der Waals surface area contributed by atoms with Crippen LogP contribution in [0.4, 0.5) is 0 Å². The minimum atomic E-state index is 0.294. The molecule has 3 atom stereocenters. The Labute approximate surface area is 82.4 Å². The number of hydrogen-bond acceptors (Lipinski definition) is 4. The highest BCUT2D eigenvalue weighted by molar-refractivity contribution is 7.11. The summed E-state index contributed by atoms with van der Waals surface area (Å²) < 4.78 is 0. The maximum Gasteiger partial charge on any atom is 0.118 e. The van der Waals surface area contributed by atoms with E-state index < -0.39 is 0 Å². The van der Waals surface area contributed by atoms with E-state index in [-0.39, 0.29) is 0 Å². The highest BCUT2D eigenvalue weighted by atomic mass is 32.1. The number of nitrogens with zero attached hydrogens (tertiary/aromatic N) is 2. The monoisotopic (exact) mass is 197 g/mol. The quantitative estimate of drug-likeness (QED) is 0.796. The van der Waals surface area contributed by atoms with Gasteiger partial charge >= 0.3 is 0 Å². The van der Waals surface area contributed by atoms with Crippen molar-refractivity contribution in [3.8, 4) is 0 Å². The number of nitrogens with two attached hydrogens (primary N) is 1. The molecular formula is C9H15N3S. The van der Waals surface area contributed by atoms with E-state index in [1.807, 2.05) is 6.92 Å². The molecule has 3 unspecified atom stereocenters. The van der Waals surface area contributed by atoms with Gasteiger partial charge in [-0.1, -0.05) is 6.92 Å². The van der Waals surface area contributed by atoms with Gasteiger partial charge in [-0.2, -0.15) is 0 Å². The highest BCUT2D eigenvalue weighted by Gasteiger charge is 2.37. The Kier molecular flexibility index (Phi) is 2.34. The van der Waals surface area contributed by atoms with E-state index in [2.05, 4.69) is 17.1 Å². The van der Waals surface area contributed by atoms with Crippen molar-refractivity contribution in [1.82, 2.24) is 10.2 Å². The van der Waals surface area contributed by atoms with Crippen molar-refractivity contribution in [2.45, 2.75) is 32.7 Å². The van der Waals surface area contributed by atoms with Gasteiger partial charge in [-0.25, -0.2) is 0 Å². The van der Waals surface area contributed by atoms with Gasteiger partial charge in [0.25, 0.3) is 0 Å². The van der Waals surface area contributed by atoms with E-state index >= 15 is 0 Å². The van der Waals surface area contributed by atoms with Crippen LogP contribution in [-0.4, -0.2) is 16.2 Å². The Balaban J connectivity index is 1.91. The van der Waals surface area contributed by atoms with E-state index in [9.17, 15) is 0 Å². The van der Waals surface area contributed by atoms with Crippen LogP contribution in [0.25, 0.3) is 0 Å². The number of hydrogen-bond donors (Lipinski definition) is 1. The molecule has 1 fully saturated rings. The van der Waals surface area contributed by atoms with Crippen LogP contribution in [0.2, 0.25) is 0 Å². The molecule has 0 aromatic carbocycles. The van der Waals surface area contributed by atoms with Gasteiger partial charge in [0.05, 0.1) is 0 Å². The first-order chi connectivity index (χ1) is 6.16. The molecule has 1 aliphatic carbocycles. The summed E-state index contributed by atoms with van der Waals surface area (Å²) >= 11 is 1.66. The van der Waals surface area contributed by atoms with Gasteiger partial charge in [-0.05, 0) is 25.2 Å². The van der Waals surface area contributed by atoms with Crippen molar-refractivity contribution in [2.75, 3.05) is 0 Å². The molecule has 13 heavy (non-hydrogen) atoms. The minimum Gasteiger partial charge on any atom is -0.327 e. The Morgan fingerprint density at radius 1 is 1.62 bits per heavy atom. The third kappa shape index (κ3) is 2.06. The molecule has 1 aromatic heterocycles. The molecule has 1 aromatic rings. The zero-order valence-corrected chi connectivity index (χ0v) is 8.84. The van der Waals surface area contributed by atoms with Crippen molar-refractivity contribution in [2.24, 2.45) is 17.6 Å². The van der Waals surface area contributed by atoms with E-state index in [4.69, 9.17) is 5.73 Å². The molecular weight excluding hydrogens is 182 g/mol. The molecule has 4 heteroatoms. The van der Waals surface area contributed by atoms with Gasteiger partial charge < -0.3 is 5.73 Å². The summed E-state index contributed by atoms with van der Waals surface area (Å²) in [6.07, 6.45) is 2.19. The summed E-state index contributed by atoms with van der Waals surface area (Å²) in [6.45, 7) is 4.24. The number of rotatable bonds is 3. The molecule has 72 valence electrons. The molecule has 1 aliphatic rings. The number of aryl methyl sites for hydroxylation is 1. The van der Waals surface area contributed by atoms with E-state index in [1.54, 1.807) is 11.3 Å². The van der Waals surface area contributed by atoms with Crippen LogP contribution in [0.1, 0.15) is 23.4 Å². The van der Waals surface area contributed by atoms with Crippen LogP contribution in [0.15, 0.2) is 0 Å². The van der Waals surface area contributed by atoms with Gasteiger partial charge in [-0.15, -0.1) is 21.5 Å². The standard InChI is InChI=1S/C9H15N3S/c1-5-3-7(5)8(10)4-9-12-11-6(2)13-9/h5,7-8H,3-4,10H2,1-2H3. The van der Waals surface area contributed by atoms with Crippen LogP contribution in [-0.2, 0) is 6.42 Å². The third-order valence-electron chi connectivity index (χ3n) is 2.70. The lowest BCUT2D eigenvalue weighted by atomic mass is 10.1. The molecule has 2 rings (SSSR count).